The lowest BCUT2D eigenvalue weighted by molar-refractivity contribution is -0.880. The number of nitrogens with zero attached hydrogens (tertiary/aromatic N) is 1. The first-order chi connectivity index (χ1) is 12.7. The molecule has 1 amide bonds. The molecule has 1 atom stereocenters. The molecular weight excluding hydrogens is 326 g/mol. The lowest BCUT2D eigenvalue weighted by Gasteiger charge is -2.33. The number of amides is 1. The normalized spacial score (nSPS) is 16.2. The Morgan fingerprint density at radius 2 is 1.77 bits per heavy atom. The van der Waals surface area contributed by atoms with Gasteiger partial charge in [-0.1, -0.05) is 37.3 Å². The molecule has 1 aliphatic heterocycles. The summed E-state index contributed by atoms with van der Waals surface area (Å²) in [6.07, 6.45) is 0.100. The smallest absolute Gasteiger partial charge is 0.265 e. The summed E-state index contributed by atoms with van der Waals surface area (Å²) in [7, 11) is 2.22. The largest absolute Gasteiger partial charge is 0.481 e. The number of carbonyl (C=O) groups is 1. The van der Waals surface area contributed by atoms with E-state index in [1.54, 1.807) is 4.90 Å². The number of anilines is 2. The summed E-state index contributed by atoms with van der Waals surface area (Å²) in [5, 5.41) is 3.08. The van der Waals surface area contributed by atoms with Crippen LogP contribution >= 0.6 is 0 Å². The van der Waals surface area contributed by atoms with Crippen molar-refractivity contribution in [1.29, 1.82) is 0 Å². The second kappa shape index (κ2) is 8.72. The lowest BCUT2D eigenvalue weighted by atomic mass is 10.2. The number of ether oxygens (including phenoxy) is 1. The SMILES string of the molecule is CC[C@@H](Oc1ccccc1)C(=O)Nc1ccccc1N1CC[NH+](C)CC1. The average molecular weight is 354 g/mol. The molecule has 1 saturated heterocycles. The van der Waals surface area contributed by atoms with E-state index in [1.165, 1.54) is 0 Å². The first-order valence-electron chi connectivity index (χ1n) is 9.35. The Hall–Kier alpha value is -2.53. The molecule has 3 rings (SSSR count). The zero-order chi connectivity index (χ0) is 18.4. The van der Waals surface area contributed by atoms with Gasteiger partial charge in [-0.15, -0.1) is 0 Å². The monoisotopic (exact) mass is 354 g/mol. The number of nitrogens with one attached hydrogen (secondary N) is 2. The van der Waals surface area contributed by atoms with E-state index in [0.29, 0.717) is 12.2 Å². The van der Waals surface area contributed by atoms with Gasteiger partial charge in [0.05, 0.1) is 44.6 Å². The fraction of sp³-hybridized carbons (Fsp3) is 0.381. The molecule has 0 aromatic heterocycles. The summed E-state index contributed by atoms with van der Waals surface area (Å²) in [4.78, 5) is 16.7. The van der Waals surface area contributed by atoms with Crippen molar-refractivity contribution in [3.05, 3.63) is 54.6 Å². The van der Waals surface area contributed by atoms with Crippen LogP contribution in [-0.2, 0) is 4.79 Å². The van der Waals surface area contributed by atoms with Crippen molar-refractivity contribution in [1.82, 2.24) is 0 Å². The summed E-state index contributed by atoms with van der Waals surface area (Å²) in [6.45, 7) is 6.17. The Bertz CT molecular complexity index is 712. The molecule has 0 aliphatic carbocycles. The van der Waals surface area contributed by atoms with Gasteiger partial charge in [-0.25, -0.2) is 0 Å². The van der Waals surface area contributed by atoms with Crippen molar-refractivity contribution in [3.8, 4) is 5.75 Å². The van der Waals surface area contributed by atoms with Crippen LogP contribution < -0.4 is 19.9 Å². The molecule has 2 N–H and O–H groups in total. The highest BCUT2D eigenvalue weighted by Gasteiger charge is 2.23. The third-order valence-electron chi connectivity index (χ3n) is 4.80. The predicted molar refractivity (Wildman–Crippen MR) is 105 cm³/mol. The summed E-state index contributed by atoms with van der Waals surface area (Å²) < 4.78 is 5.87. The molecule has 0 radical (unpaired) electrons. The number of carbonyl (C=O) groups excluding carboxylic acids is 1. The average Bonchev–Trinajstić information content (AvgIpc) is 2.68. The topological polar surface area (TPSA) is 46.0 Å². The number of quaternary nitrogens is 1. The standard InChI is InChI=1S/C21H27N3O2/c1-3-20(26-17-9-5-4-6-10-17)21(25)22-18-11-7-8-12-19(18)24-15-13-23(2)14-16-24/h4-12,20H,3,13-16H2,1-2H3,(H,22,25)/p+1/t20-/m1/s1. The van der Waals surface area contributed by atoms with Crippen LogP contribution in [0.2, 0.25) is 0 Å². The first kappa shape index (κ1) is 18.3. The Morgan fingerprint density at radius 3 is 2.46 bits per heavy atom. The number of piperazine rings is 1. The van der Waals surface area contributed by atoms with Crippen molar-refractivity contribution < 1.29 is 14.4 Å². The second-order valence-electron chi connectivity index (χ2n) is 6.78. The van der Waals surface area contributed by atoms with Gasteiger partial charge in [-0.2, -0.15) is 0 Å². The number of likely N-dealkylation sites (N-methyl/N-ethyl adjacent to an activating group) is 1. The molecule has 26 heavy (non-hydrogen) atoms. The van der Waals surface area contributed by atoms with Crippen molar-refractivity contribution in [2.24, 2.45) is 0 Å². The molecule has 0 spiro atoms. The van der Waals surface area contributed by atoms with E-state index in [4.69, 9.17) is 4.74 Å². The van der Waals surface area contributed by atoms with E-state index in [0.717, 1.165) is 37.6 Å². The van der Waals surface area contributed by atoms with Gasteiger partial charge >= 0.3 is 0 Å². The molecule has 0 unspecified atom stereocenters. The highest BCUT2D eigenvalue weighted by Crippen LogP contribution is 2.26. The van der Waals surface area contributed by atoms with Crippen LogP contribution in [0.4, 0.5) is 11.4 Å². The van der Waals surface area contributed by atoms with Crippen LogP contribution in [0.25, 0.3) is 0 Å². The lowest BCUT2D eigenvalue weighted by Crippen LogP contribution is -3.12. The van der Waals surface area contributed by atoms with Gasteiger partial charge in [-0.3, -0.25) is 4.79 Å². The fourth-order valence-electron chi connectivity index (χ4n) is 3.18. The van der Waals surface area contributed by atoms with Gasteiger partial charge in [0, 0.05) is 0 Å². The van der Waals surface area contributed by atoms with Crippen LogP contribution in [0.15, 0.2) is 54.6 Å². The minimum Gasteiger partial charge on any atom is -0.481 e. The molecule has 2 aromatic carbocycles. The Morgan fingerprint density at radius 1 is 1.12 bits per heavy atom. The number of rotatable bonds is 6. The molecule has 2 aromatic rings. The van der Waals surface area contributed by atoms with E-state index in [2.05, 4.69) is 23.3 Å². The fourth-order valence-corrected chi connectivity index (χ4v) is 3.18. The first-order valence-corrected chi connectivity index (χ1v) is 9.35. The predicted octanol–water partition coefficient (Wildman–Crippen LogP) is 1.82. The minimum absolute atomic E-state index is 0.108. The van der Waals surface area contributed by atoms with Crippen LogP contribution in [0.1, 0.15) is 13.3 Å². The maximum Gasteiger partial charge on any atom is 0.265 e. The number of benzene rings is 2. The summed E-state index contributed by atoms with van der Waals surface area (Å²) in [6, 6.07) is 17.5. The molecule has 0 bridgehead atoms. The van der Waals surface area contributed by atoms with Gasteiger partial charge in [0.15, 0.2) is 6.10 Å². The van der Waals surface area contributed by atoms with E-state index < -0.39 is 6.10 Å². The van der Waals surface area contributed by atoms with Gasteiger partial charge in [0.25, 0.3) is 5.91 Å². The Kier molecular flexibility index (Phi) is 6.12. The highest BCUT2D eigenvalue weighted by molar-refractivity contribution is 5.97. The molecule has 5 nitrogen and oxygen atoms in total. The van der Waals surface area contributed by atoms with E-state index in [-0.39, 0.29) is 5.91 Å². The van der Waals surface area contributed by atoms with Crippen LogP contribution in [0.3, 0.4) is 0 Å². The Labute approximate surface area is 155 Å². The number of hydrogen-bond donors (Lipinski definition) is 2. The van der Waals surface area contributed by atoms with Crippen molar-refractivity contribution in [2.75, 3.05) is 43.4 Å². The van der Waals surface area contributed by atoms with Crippen LogP contribution in [0.5, 0.6) is 5.75 Å². The summed E-state index contributed by atoms with van der Waals surface area (Å²) in [5.74, 6) is 0.605. The molecular formula is C21H28N3O2+. The summed E-state index contributed by atoms with van der Waals surface area (Å²) in [5.41, 5.74) is 1.94. The van der Waals surface area contributed by atoms with Gasteiger partial charge in [0.1, 0.15) is 5.75 Å². The van der Waals surface area contributed by atoms with Gasteiger partial charge in [0.2, 0.25) is 0 Å². The highest BCUT2D eigenvalue weighted by atomic mass is 16.5. The van der Waals surface area contributed by atoms with Crippen LogP contribution in [0, 0.1) is 0 Å². The zero-order valence-corrected chi connectivity index (χ0v) is 15.6. The number of hydrogen-bond acceptors (Lipinski definition) is 3. The van der Waals surface area contributed by atoms with Gasteiger partial charge < -0.3 is 19.9 Å². The van der Waals surface area contributed by atoms with E-state index in [1.807, 2.05) is 55.5 Å². The third-order valence-corrected chi connectivity index (χ3v) is 4.80. The molecule has 1 aliphatic rings. The van der Waals surface area contributed by atoms with Crippen molar-refractivity contribution in [3.63, 3.8) is 0 Å². The van der Waals surface area contributed by atoms with E-state index in [9.17, 15) is 4.79 Å². The minimum atomic E-state index is -0.512. The molecule has 0 saturated carbocycles. The quantitative estimate of drug-likeness (QED) is 0.832. The zero-order valence-electron chi connectivity index (χ0n) is 15.6. The molecule has 138 valence electrons. The maximum atomic E-state index is 12.8. The van der Waals surface area contributed by atoms with Crippen LogP contribution in [-0.4, -0.2) is 45.2 Å². The molecule has 1 fully saturated rings. The molecule has 5 heteroatoms. The molecule has 1 heterocycles. The van der Waals surface area contributed by atoms with Crippen molar-refractivity contribution in [2.45, 2.75) is 19.4 Å². The maximum absolute atomic E-state index is 12.8. The van der Waals surface area contributed by atoms with Gasteiger partial charge in [-0.05, 0) is 30.7 Å². The Balaban J connectivity index is 1.70. The second-order valence-corrected chi connectivity index (χ2v) is 6.78. The number of para-hydroxylation sites is 3. The van der Waals surface area contributed by atoms with Crippen molar-refractivity contribution >= 4 is 17.3 Å². The van der Waals surface area contributed by atoms with E-state index >= 15 is 0 Å². The summed E-state index contributed by atoms with van der Waals surface area (Å²) >= 11 is 0. The third kappa shape index (κ3) is 4.55.